The van der Waals surface area contributed by atoms with Gasteiger partial charge < -0.3 is 9.90 Å². The van der Waals surface area contributed by atoms with Gasteiger partial charge in [0.2, 0.25) is 0 Å². The first-order chi connectivity index (χ1) is 3.18. The van der Waals surface area contributed by atoms with Gasteiger partial charge in [-0.2, -0.15) is 0 Å². The van der Waals surface area contributed by atoms with Crippen LogP contribution in [0.15, 0.2) is 0 Å². The van der Waals surface area contributed by atoms with Crippen molar-refractivity contribution >= 4 is 17.9 Å². The van der Waals surface area contributed by atoms with E-state index in [9.17, 15) is 4.79 Å². The van der Waals surface area contributed by atoms with Crippen LogP contribution in [0.2, 0.25) is 0 Å². The Balaban J connectivity index is 3.33. The standard InChI is InChI=1S/C4H7ClO2/c1-3(7)4(5)2-6/h2-4,7H,1H3/t3-,4?/m0/s1. The largest absolute Gasteiger partial charge is 0.391 e. The van der Waals surface area contributed by atoms with Crippen LogP contribution in [0.1, 0.15) is 6.92 Å². The van der Waals surface area contributed by atoms with E-state index in [2.05, 4.69) is 0 Å². The first kappa shape index (κ1) is 6.92. The number of alkyl halides is 1. The first-order valence-corrected chi connectivity index (χ1v) is 2.39. The Morgan fingerprint density at radius 2 is 2.29 bits per heavy atom. The molecule has 0 aliphatic carbocycles. The van der Waals surface area contributed by atoms with E-state index < -0.39 is 11.5 Å². The van der Waals surface area contributed by atoms with Gasteiger partial charge >= 0.3 is 0 Å². The van der Waals surface area contributed by atoms with E-state index in [1.54, 1.807) is 0 Å². The lowest BCUT2D eigenvalue weighted by Crippen LogP contribution is -2.17. The minimum absolute atomic E-state index is 0.506. The second kappa shape index (κ2) is 2.99. The maximum Gasteiger partial charge on any atom is 0.140 e. The fourth-order valence-corrected chi connectivity index (χ4v) is 0.114. The second-order valence-corrected chi connectivity index (χ2v) is 1.83. The van der Waals surface area contributed by atoms with Crippen molar-refractivity contribution in [2.45, 2.75) is 18.4 Å². The number of aliphatic hydroxyl groups excluding tert-OH is 1. The highest BCUT2D eigenvalue weighted by molar-refractivity contribution is 6.27. The summed E-state index contributed by atoms with van der Waals surface area (Å²) in [6.07, 6.45) is -0.231. The molecule has 0 amide bonds. The monoisotopic (exact) mass is 122 g/mol. The van der Waals surface area contributed by atoms with Gasteiger partial charge in [0.05, 0.1) is 6.10 Å². The number of hydrogen-bond donors (Lipinski definition) is 1. The zero-order chi connectivity index (χ0) is 5.86. The van der Waals surface area contributed by atoms with Crippen molar-refractivity contribution in [1.82, 2.24) is 0 Å². The molecule has 0 spiro atoms. The highest BCUT2D eigenvalue weighted by Gasteiger charge is 2.07. The summed E-state index contributed by atoms with van der Waals surface area (Å²) in [6.45, 7) is 1.46. The molecular formula is C4H7ClO2. The van der Waals surface area contributed by atoms with Crippen LogP contribution in [-0.2, 0) is 4.79 Å². The van der Waals surface area contributed by atoms with Crippen molar-refractivity contribution in [3.8, 4) is 0 Å². The van der Waals surface area contributed by atoms with Crippen LogP contribution in [0.4, 0.5) is 0 Å². The molecule has 1 N–H and O–H groups in total. The van der Waals surface area contributed by atoms with Gasteiger partial charge in [0.1, 0.15) is 11.7 Å². The molecule has 0 heterocycles. The lowest BCUT2D eigenvalue weighted by atomic mass is 10.3. The molecule has 0 aliphatic rings. The molecule has 7 heavy (non-hydrogen) atoms. The van der Waals surface area contributed by atoms with Crippen LogP contribution in [0.5, 0.6) is 0 Å². The van der Waals surface area contributed by atoms with Crippen LogP contribution in [0.25, 0.3) is 0 Å². The minimum Gasteiger partial charge on any atom is -0.391 e. The molecule has 2 atom stereocenters. The Kier molecular flexibility index (Phi) is 2.96. The highest BCUT2D eigenvalue weighted by atomic mass is 35.5. The average Bonchev–Trinajstić information content (AvgIpc) is 1.65. The predicted molar refractivity (Wildman–Crippen MR) is 27.4 cm³/mol. The molecule has 0 aromatic heterocycles. The van der Waals surface area contributed by atoms with Crippen LogP contribution < -0.4 is 0 Å². The molecule has 42 valence electrons. The van der Waals surface area contributed by atoms with Gasteiger partial charge in [-0.05, 0) is 6.92 Å². The Labute approximate surface area is 47.1 Å². The first-order valence-electron chi connectivity index (χ1n) is 1.96. The normalized spacial score (nSPS) is 18.1. The number of aldehydes is 1. The van der Waals surface area contributed by atoms with Crippen molar-refractivity contribution in [3.63, 3.8) is 0 Å². The molecule has 3 heteroatoms. The fraction of sp³-hybridized carbons (Fsp3) is 0.750. The van der Waals surface area contributed by atoms with Crippen molar-refractivity contribution in [2.75, 3.05) is 0 Å². The molecule has 0 saturated carbocycles. The minimum atomic E-state index is -0.750. The summed E-state index contributed by atoms with van der Waals surface area (Å²) in [5.74, 6) is 0. The van der Waals surface area contributed by atoms with Crippen LogP contribution in [0, 0.1) is 0 Å². The molecule has 2 nitrogen and oxygen atoms in total. The summed E-state index contributed by atoms with van der Waals surface area (Å²) in [7, 11) is 0. The second-order valence-electron chi connectivity index (χ2n) is 1.32. The lowest BCUT2D eigenvalue weighted by Gasteiger charge is -2.00. The van der Waals surface area contributed by atoms with Gasteiger partial charge in [0.15, 0.2) is 0 Å². The Morgan fingerprint density at radius 3 is 2.29 bits per heavy atom. The molecule has 0 bridgehead atoms. The number of carbonyl (C=O) groups excluding carboxylic acids is 1. The Hall–Kier alpha value is -0.0800. The average molecular weight is 123 g/mol. The van der Waals surface area contributed by atoms with E-state index in [-0.39, 0.29) is 0 Å². The van der Waals surface area contributed by atoms with Gasteiger partial charge in [-0.15, -0.1) is 11.6 Å². The SMILES string of the molecule is C[C@H](O)C(Cl)C=O. The van der Waals surface area contributed by atoms with Gasteiger partial charge in [-0.25, -0.2) is 0 Å². The Morgan fingerprint density at radius 1 is 1.86 bits per heavy atom. The topological polar surface area (TPSA) is 37.3 Å². The maximum absolute atomic E-state index is 9.65. The van der Waals surface area contributed by atoms with Crippen molar-refractivity contribution in [1.29, 1.82) is 0 Å². The van der Waals surface area contributed by atoms with Crippen molar-refractivity contribution in [2.24, 2.45) is 0 Å². The molecule has 0 aromatic rings. The number of hydrogen-bond acceptors (Lipinski definition) is 2. The zero-order valence-electron chi connectivity index (χ0n) is 3.97. The molecule has 0 saturated heterocycles. The Bertz CT molecular complexity index is 62.7. The lowest BCUT2D eigenvalue weighted by molar-refractivity contribution is -0.108. The summed E-state index contributed by atoms with van der Waals surface area (Å²) in [4.78, 5) is 9.65. The molecular weight excluding hydrogens is 115 g/mol. The third kappa shape index (κ3) is 2.60. The fourth-order valence-electron chi connectivity index (χ4n) is 0.114. The van der Waals surface area contributed by atoms with E-state index in [0.29, 0.717) is 6.29 Å². The number of aliphatic hydroxyl groups is 1. The summed E-state index contributed by atoms with van der Waals surface area (Å²) in [5, 5.41) is 7.71. The predicted octanol–water partition coefficient (Wildman–Crippen LogP) is 0.173. The molecule has 0 fully saturated rings. The highest BCUT2D eigenvalue weighted by Crippen LogP contribution is 1.95. The van der Waals surface area contributed by atoms with Gasteiger partial charge in [0, 0.05) is 0 Å². The van der Waals surface area contributed by atoms with E-state index in [0.717, 1.165) is 0 Å². The van der Waals surface area contributed by atoms with E-state index >= 15 is 0 Å². The summed E-state index contributed by atoms with van der Waals surface area (Å²) in [5.41, 5.74) is 0. The van der Waals surface area contributed by atoms with E-state index in [1.807, 2.05) is 0 Å². The zero-order valence-corrected chi connectivity index (χ0v) is 4.72. The number of rotatable bonds is 2. The van der Waals surface area contributed by atoms with Crippen LogP contribution in [-0.4, -0.2) is 22.9 Å². The van der Waals surface area contributed by atoms with Gasteiger partial charge in [0.25, 0.3) is 0 Å². The maximum atomic E-state index is 9.65. The molecule has 0 aliphatic heterocycles. The quantitative estimate of drug-likeness (QED) is 0.419. The molecule has 0 aromatic carbocycles. The number of carbonyl (C=O) groups is 1. The smallest absolute Gasteiger partial charge is 0.140 e. The van der Waals surface area contributed by atoms with Gasteiger partial charge in [-0.1, -0.05) is 0 Å². The van der Waals surface area contributed by atoms with Crippen LogP contribution in [0.3, 0.4) is 0 Å². The summed E-state index contributed by atoms with van der Waals surface area (Å²) < 4.78 is 0. The summed E-state index contributed by atoms with van der Waals surface area (Å²) in [6, 6.07) is 0. The molecule has 0 radical (unpaired) electrons. The third-order valence-electron chi connectivity index (χ3n) is 0.591. The molecule has 0 rings (SSSR count). The van der Waals surface area contributed by atoms with Gasteiger partial charge in [-0.3, -0.25) is 0 Å². The van der Waals surface area contributed by atoms with Crippen molar-refractivity contribution in [3.05, 3.63) is 0 Å². The third-order valence-corrected chi connectivity index (χ3v) is 1.06. The summed E-state index contributed by atoms with van der Waals surface area (Å²) >= 11 is 5.18. The van der Waals surface area contributed by atoms with E-state index in [1.165, 1.54) is 6.92 Å². The molecule has 1 unspecified atom stereocenters. The van der Waals surface area contributed by atoms with Crippen molar-refractivity contribution < 1.29 is 9.90 Å². The number of halogens is 1. The van der Waals surface area contributed by atoms with Crippen LogP contribution >= 0.6 is 11.6 Å². The van der Waals surface area contributed by atoms with E-state index in [4.69, 9.17) is 16.7 Å².